The molecule has 1 aliphatic rings. The van der Waals surface area contributed by atoms with E-state index in [1.807, 2.05) is 24.5 Å². The largest absolute Gasteiger partial charge is 0.381 e. The Bertz CT molecular complexity index is 547. The second-order valence-corrected chi connectivity index (χ2v) is 6.22. The molecule has 1 aromatic heterocycles. The van der Waals surface area contributed by atoms with E-state index in [1.54, 1.807) is 0 Å². The predicted molar refractivity (Wildman–Crippen MR) is 83.1 cm³/mol. The van der Waals surface area contributed by atoms with Crippen LogP contribution in [0.1, 0.15) is 28.6 Å². The normalized spacial score (nSPS) is 16.4. The molecule has 4 heteroatoms. The van der Waals surface area contributed by atoms with Crippen molar-refractivity contribution in [2.24, 2.45) is 0 Å². The second-order valence-electron chi connectivity index (χ2n) is 5.11. The highest BCUT2D eigenvalue weighted by Gasteiger charge is 2.22. The number of nitrogens with zero attached hydrogens (tertiary/aromatic N) is 1. The Morgan fingerprint density at radius 2 is 2.00 bits per heavy atom. The van der Waals surface area contributed by atoms with Crippen molar-refractivity contribution in [2.75, 3.05) is 20.3 Å². The van der Waals surface area contributed by atoms with Crippen LogP contribution in [0.5, 0.6) is 0 Å². The highest BCUT2D eigenvalue weighted by molar-refractivity contribution is 7.12. The molecule has 2 heterocycles. The van der Waals surface area contributed by atoms with E-state index < -0.39 is 0 Å². The van der Waals surface area contributed by atoms with Crippen LogP contribution < -0.4 is 5.32 Å². The fourth-order valence-corrected chi connectivity index (χ4v) is 3.86. The molecule has 1 fully saturated rings. The average molecular weight is 288 g/mol. The van der Waals surface area contributed by atoms with Crippen molar-refractivity contribution in [3.05, 3.63) is 40.2 Å². The average Bonchev–Trinajstić information content (AvgIpc) is 2.94. The van der Waals surface area contributed by atoms with Crippen molar-refractivity contribution >= 4 is 11.3 Å². The summed E-state index contributed by atoms with van der Waals surface area (Å²) in [4.78, 5) is 6.28. The van der Waals surface area contributed by atoms with Crippen molar-refractivity contribution in [3.8, 4) is 11.3 Å². The highest BCUT2D eigenvalue weighted by atomic mass is 32.1. The van der Waals surface area contributed by atoms with Gasteiger partial charge in [0.1, 0.15) is 0 Å². The molecule has 0 spiro atoms. The van der Waals surface area contributed by atoms with Gasteiger partial charge in [0, 0.05) is 36.1 Å². The summed E-state index contributed by atoms with van der Waals surface area (Å²) in [6.45, 7) is 2.61. The first kappa shape index (κ1) is 13.7. The van der Waals surface area contributed by atoms with Crippen molar-refractivity contribution in [1.29, 1.82) is 0 Å². The van der Waals surface area contributed by atoms with Gasteiger partial charge in [-0.05, 0) is 19.9 Å². The van der Waals surface area contributed by atoms with Crippen LogP contribution in [0.4, 0.5) is 0 Å². The molecule has 0 unspecified atom stereocenters. The molecule has 0 saturated carbocycles. The molecule has 3 rings (SSSR count). The molecular weight excluding hydrogens is 268 g/mol. The zero-order valence-corrected chi connectivity index (χ0v) is 12.6. The molecule has 106 valence electrons. The van der Waals surface area contributed by atoms with Crippen molar-refractivity contribution in [3.63, 3.8) is 0 Å². The summed E-state index contributed by atoms with van der Waals surface area (Å²) in [5, 5.41) is 4.53. The second kappa shape index (κ2) is 6.48. The van der Waals surface area contributed by atoms with Crippen molar-refractivity contribution in [2.45, 2.75) is 25.3 Å². The highest BCUT2D eigenvalue weighted by Crippen LogP contribution is 2.35. The van der Waals surface area contributed by atoms with Gasteiger partial charge in [-0.25, -0.2) is 4.98 Å². The minimum absolute atomic E-state index is 0.571. The van der Waals surface area contributed by atoms with Gasteiger partial charge in [-0.3, -0.25) is 0 Å². The van der Waals surface area contributed by atoms with Crippen molar-refractivity contribution in [1.82, 2.24) is 10.3 Å². The van der Waals surface area contributed by atoms with Crippen LogP contribution >= 0.6 is 11.3 Å². The molecule has 3 nitrogen and oxygen atoms in total. The molecule has 2 aromatic rings. The Morgan fingerprint density at radius 1 is 1.25 bits per heavy atom. The van der Waals surface area contributed by atoms with E-state index in [9.17, 15) is 0 Å². The van der Waals surface area contributed by atoms with Gasteiger partial charge in [0.15, 0.2) is 0 Å². The summed E-state index contributed by atoms with van der Waals surface area (Å²) >= 11 is 1.86. The number of rotatable bonds is 4. The standard InChI is InChI=1S/C16H20N2OS/c1-17-11-14-15(12-5-3-2-4-6-12)18-16(20-14)13-7-9-19-10-8-13/h2-6,13,17H,7-11H2,1H3. The fraction of sp³-hybridized carbons (Fsp3) is 0.438. The number of hydrogen-bond donors (Lipinski definition) is 1. The first-order valence-electron chi connectivity index (χ1n) is 7.16. The number of ether oxygens (including phenoxy) is 1. The lowest BCUT2D eigenvalue weighted by Gasteiger charge is -2.19. The van der Waals surface area contributed by atoms with E-state index in [-0.39, 0.29) is 0 Å². The summed E-state index contributed by atoms with van der Waals surface area (Å²) in [7, 11) is 1.99. The molecule has 1 aliphatic heterocycles. The first-order chi connectivity index (χ1) is 9.88. The topological polar surface area (TPSA) is 34.1 Å². The number of hydrogen-bond acceptors (Lipinski definition) is 4. The summed E-state index contributed by atoms with van der Waals surface area (Å²) < 4.78 is 5.45. The molecule has 1 saturated heterocycles. The third kappa shape index (κ3) is 2.92. The van der Waals surface area contributed by atoms with E-state index in [1.165, 1.54) is 15.4 Å². The SMILES string of the molecule is CNCc1sc(C2CCOCC2)nc1-c1ccccc1. The van der Waals surface area contributed by atoms with Crippen LogP contribution in [0.3, 0.4) is 0 Å². The van der Waals surface area contributed by atoms with Crippen molar-refractivity contribution < 1.29 is 4.74 Å². The van der Waals surface area contributed by atoms with Gasteiger partial charge in [-0.15, -0.1) is 11.3 Å². The minimum atomic E-state index is 0.571. The molecule has 1 aromatic carbocycles. The van der Waals surface area contributed by atoms with Gasteiger partial charge in [-0.1, -0.05) is 30.3 Å². The van der Waals surface area contributed by atoms with Crippen LogP contribution in [0, 0.1) is 0 Å². The van der Waals surface area contributed by atoms with Gasteiger partial charge < -0.3 is 10.1 Å². The lowest BCUT2D eigenvalue weighted by atomic mass is 10.0. The molecule has 0 bridgehead atoms. The zero-order chi connectivity index (χ0) is 13.8. The molecule has 0 radical (unpaired) electrons. The zero-order valence-electron chi connectivity index (χ0n) is 11.8. The Kier molecular flexibility index (Phi) is 4.45. The quantitative estimate of drug-likeness (QED) is 0.936. The number of aromatic nitrogens is 1. The van der Waals surface area contributed by atoms with Gasteiger partial charge in [0.25, 0.3) is 0 Å². The Balaban J connectivity index is 1.93. The summed E-state index contributed by atoms with van der Waals surface area (Å²) in [5.41, 5.74) is 2.36. The Labute approximate surface area is 124 Å². The monoisotopic (exact) mass is 288 g/mol. The Hall–Kier alpha value is -1.23. The van der Waals surface area contributed by atoms with Gasteiger partial charge in [-0.2, -0.15) is 0 Å². The van der Waals surface area contributed by atoms with E-state index >= 15 is 0 Å². The van der Waals surface area contributed by atoms with E-state index in [4.69, 9.17) is 9.72 Å². The summed E-state index contributed by atoms with van der Waals surface area (Å²) in [6, 6.07) is 10.5. The van der Waals surface area contributed by atoms with E-state index in [2.05, 4.69) is 29.6 Å². The Morgan fingerprint density at radius 3 is 2.70 bits per heavy atom. The van der Waals surface area contributed by atoms with E-state index in [0.717, 1.165) is 38.3 Å². The molecule has 0 amide bonds. The summed E-state index contributed by atoms with van der Waals surface area (Å²) in [5.74, 6) is 0.571. The third-order valence-electron chi connectivity index (χ3n) is 3.67. The lowest BCUT2D eigenvalue weighted by molar-refractivity contribution is 0.0853. The lowest BCUT2D eigenvalue weighted by Crippen LogP contribution is -2.13. The maximum absolute atomic E-state index is 5.45. The van der Waals surface area contributed by atoms with Gasteiger partial charge >= 0.3 is 0 Å². The molecule has 20 heavy (non-hydrogen) atoms. The maximum atomic E-state index is 5.45. The van der Waals surface area contributed by atoms with Crippen LogP contribution in [0.25, 0.3) is 11.3 Å². The minimum Gasteiger partial charge on any atom is -0.381 e. The van der Waals surface area contributed by atoms with Crippen LogP contribution in [0.15, 0.2) is 30.3 Å². The molecule has 0 aliphatic carbocycles. The van der Waals surface area contributed by atoms with Gasteiger partial charge in [0.2, 0.25) is 0 Å². The number of nitrogens with one attached hydrogen (secondary N) is 1. The predicted octanol–water partition coefficient (Wildman–Crippen LogP) is 3.42. The fourth-order valence-electron chi connectivity index (χ4n) is 2.59. The van der Waals surface area contributed by atoms with Crippen LogP contribution in [0.2, 0.25) is 0 Å². The molecule has 1 N–H and O–H groups in total. The number of benzene rings is 1. The van der Waals surface area contributed by atoms with Gasteiger partial charge in [0.05, 0.1) is 10.7 Å². The van der Waals surface area contributed by atoms with E-state index in [0.29, 0.717) is 5.92 Å². The molecule has 0 atom stereocenters. The van der Waals surface area contributed by atoms with Crippen LogP contribution in [-0.2, 0) is 11.3 Å². The first-order valence-corrected chi connectivity index (χ1v) is 7.97. The molecular formula is C16H20N2OS. The summed E-state index contributed by atoms with van der Waals surface area (Å²) in [6.07, 6.45) is 2.20. The maximum Gasteiger partial charge on any atom is 0.0968 e. The smallest absolute Gasteiger partial charge is 0.0968 e. The van der Waals surface area contributed by atoms with Crippen LogP contribution in [-0.4, -0.2) is 25.2 Å². The number of thiazole rings is 1. The third-order valence-corrected chi connectivity index (χ3v) is 4.89.